The molecule has 5 heteroatoms. The Morgan fingerprint density at radius 1 is 1.35 bits per heavy atom. The molecule has 1 aromatic heterocycles. The molecule has 2 heterocycles. The third kappa shape index (κ3) is 2.41. The second kappa shape index (κ2) is 4.37. The number of thiophene rings is 1. The van der Waals surface area contributed by atoms with E-state index in [0.717, 1.165) is 12.8 Å². The molecule has 94 valence electrons. The van der Waals surface area contributed by atoms with Gasteiger partial charge < -0.3 is 5.32 Å². The number of sulfone groups is 1. The van der Waals surface area contributed by atoms with Crippen molar-refractivity contribution in [3.05, 3.63) is 21.9 Å². The summed E-state index contributed by atoms with van der Waals surface area (Å²) in [5.41, 5.74) is 1.41. The minimum absolute atomic E-state index is 0.163. The zero-order chi connectivity index (χ0) is 11.9. The van der Waals surface area contributed by atoms with Gasteiger partial charge in [0.25, 0.3) is 0 Å². The van der Waals surface area contributed by atoms with Gasteiger partial charge in [0, 0.05) is 17.0 Å². The molecule has 1 aliphatic heterocycles. The number of rotatable bonds is 2. The lowest BCUT2D eigenvalue weighted by molar-refractivity contribution is 0.414. The summed E-state index contributed by atoms with van der Waals surface area (Å²) in [6.07, 6.45) is 4.32. The van der Waals surface area contributed by atoms with Gasteiger partial charge >= 0.3 is 0 Å². The zero-order valence-electron chi connectivity index (χ0n) is 9.69. The van der Waals surface area contributed by atoms with Crippen molar-refractivity contribution in [1.29, 1.82) is 0 Å². The third-order valence-electron chi connectivity index (χ3n) is 3.72. The molecule has 1 aromatic rings. The minimum Gasteiger partial charge on any atom is -0.306 e. The fourth-order valence-corrected chi connectivity index (χ4v) is 5.54. The Kier molecular flexibility index (Phi) is 3.00. The first-order valence-electron chi connectivity index (χ1n) is 6.17. The summed E-state index contributed by atoms with van der Waals surface area (Å²) in [6.45, 7) is 0. The molecule has 2 unspecified atom stereocenters. The highest BCUT2D eigenvalue weighted by Crippen LogP contribution is 2.34. The third-order valence-corrected chi connectivity index (χ3v) is 6.49. The number of aryl methyl sites for hydroxylation is 1. The predicted molar refractivity (Wildman–Crippen MR) is 70.2 cm³/mol. The Labute approximate surface area is 106 Å². The average molecular weight is 271 g/mol. The maximum absolute atomic E-state index is 11.4. The first kappa shape index (κ1) is 11.7. The molecule has 1 saturated heterocycles. The summed E-state index contributed by atoms with van der Waals surface area (Å²) in [5.74, 6) is 0.677. The van der Waals surface area contributed by atoms with Gasteiger partial charge in [0.1, 0.15) is 0 Å². The molecular weight excluding hydrogens is 254 g/mol. The maximum Gasteiger partial charge on any atom is 0.151 e. The van der Waals surface area contributed by atoms with Gasteiger partial charge in [-0.15, -0.1) is 11.3 Å². The molecule has 1 aliphatic carbocycles. The maximum atomic E-state index is 11.4. The van der Waals surface area contributed by atoms with E-state index in [1.165, 1.54) is 23.3 Å². The second-order valence-electron chi connectivity index (χ2n) is 5.01. The summed E-state index contributed by atoms with van der Waals surface area (Å²) in [7, 11) is -2.77. The number of hydrogen-bond donors (Lipinski definition) is 1. The molecule has 0 radical (unpaired) electrons. The normalized spacial score (nSPS) is 31.3. The van der Waals surface area contributed by atoms with Gasteiger partial charge in [0.05, 0.1) is 11.5 Å². The van der Waals surface area contributed by atoms with Gasteiger partial charge in [-0.05, 0) is 42.7 Å². The molecule has 1 fully saturated rings. The fourth-order valence-electron chi connectivity index (χ4n) is 2.87. The van der Waals surface area contributed by atoms with Crippen LogP contribution in [0.5, 0.6) is 0 Å². The van der Waals surface area contributed by atoms with Gasteiger partial charge in [-0.1, -0.05) is 0 Å². The van der Waals surface area contributed by atoms with Crippen molar-refractivity contribution >= 4 is 21.2 Å². The average Bonchev–Trinajstić information content (AvgIpc) is 2.85. The molecule has 0 bridgehead atoms. The van der Waals surface area contributed by atoms with Gasteiger partial charge in [-0.3, -0.25) is 0 Å². The van der Waals surface area contributed by atoms with Crippen LogP contribution in [-0.4, -0.2) is 26.0 Å². The van der Waals surface area contributed by atoms with E-state index in [2.05, 4.69) is 16.8 Å². The first-order valence-corrected chi connectivity index (χ1v) is 8.87. The molecule has 17 heavy (non-hydrogen) atoms. The smallest absolute Gasteiger partial charge is 0.151 e. The van der Waals surface area contributed by atoms with Crippen molar-refractivity contribution in [1.82, 2.24) is 5.32 Å². The second-order valence-corrected chi connectivity index (χ2v) is 8.24. The summed E-state index contributed by atoms with van der Waals surface area (Å²) >= 11 is 1.83. The van der Waals surface area contributed by atoms with Crippen LogP contribution in [0.25, 0.3) is 0 Å². The molecule has 2 aliphatic rings. The topological polar surface area (TPSA) is 46.2 Å². The Morgan fingerprint density at radius 2 is 2.24 bits per heavy atom. The van der Waals surface area contributed by atoms with Gasteiger partial charge in [-0.25, -0.2) is 8.42 Å². The lowest BCUT2D eigenvalue weighted by Crippen LogP contribution is -2.35. The highest BCUT2D eigenvalue weighted by atomic mass is 32.2. The van der Waals surface area contributed by atoms with E-state index in [0.29, 0.717) is 17.5 Å². The molecular formula is C12H17NO2S2. The molecule has 3 nitrogen and oxygen atoms in total. The molecule has 0 saturated carbocycles. The Bertz CT molecular complexity index is 506. The minimum atomic E-state index is -2.77. The van der Waals surface area contributed by atoms with Crippen molar-refractivity contribution in [2.75, 3.05) is 11.5 Å². The summed E-state index contributed by atoms with van der Waals surface area (Å²) < 4.78 is 22.9. The molecule has 0 amide bonds. The molecule has 0 aromatic carbocycles. The van der Waals surface area contributed by atoms with Crippen LogP contribution in [0.2, 0.25) is 0 Å². The van der Waals surface area contributed by atoms with Gasteiger partial charge in [-0.2, -0.15) is 0 Å². The van der Waals surface area contributed by atoms with E-state index in [1.54, 1.807) is 0 Å². The fraction of sp³-hybridized carbons (Fsp3) is 0.667. The standard InChI is InChI=1S/C12H17NO2S2/c14-17(15)7-5-9(8-17)13-11-2-1-3-12-10(11)4-6-16-12/h4,6,9,11,13H,1-3,5,7-8H2. The summed E-state index contributed by atoms with van der Waals surface area (Å²) in [4.78, 5) is 1.48. The number of hydrogen-bond acceptors (Lipinski definition) is 4. The lowest BCUT2D eigenvalue weighted by Gasteiger charge is -2.26. The highest BCUT2D eigenvalue weighted by Gasteiger charge is 2.31. The Hall–Kier alpha value is -0.390. The van der Waals surface area contributed by atoms with Gasteiger partial charge in [0.2, 0.25) is 0 Å². The van der Waals surface area contributed by atoms with Gasteiger partial charge in [0.15, 0.2) is 9.84 Å². The predicted octanol–water partition coefficient (Wildman–Crippen LogP) is 1.90. The quantitative estimate of drug-likeness (QED) is 0.893. The molecule has 2 atom stereocenters. The van der Waals surface area contributed by atoms with E-state index in [-0.39, 0.29) is 6.04 Å². The monoisotopic (exact) mass is 271 g/mol. The molecule has 1 N–H and O–H groups in total. The van der Waals surface area contributed by atoms with E-state index < -0.39 is 9.84 Å². The van der Waals surface area contributed by atoms with Crippen LogP contribution in [0.3, 0.4) is 0 Å². The van der Waals surface area contributed by atoms with E-state index in [1.807, 2.05) is 11.3 Å². The van der Waals surface area contributed by atoms with Crippen molar-refractivity contribution in [3.63, 3.8) is 0 Å². The molecule has 3 rings (SSSR count). The van der Waals surface area contributed by atoms with Crippen LogP contribution in [0, 0.1) is 0 Å². The van der Waals surface area contributed by atoms with Crippen LogP contribution >= 0.6 is 11.3 Å². The van der Waals surface area contributed by atoms with Crippen LogP contribution in [-0.2, 0) is 16.3 Å². The van der Waals surface area contributed by atoms with Crippen molar-refractivity contribution in [2.45, 2.75) is 37.8 Å². The van der Waals surface area contributed by atoms with Crippen molar-refractivity contribution < 1.29 is 8.42 Å². The Morgan fingerprint density at radius 3 is 3.00 bits per heavy atom. The van der Waals surface area contributed by atoms with Crippen molar-refractivity contribution in [2.24, 2.45) is 0 Å². The molecule has 0 spiro atoms. The van der Waals surface area contributed by atoms with Crippen LogP contribution < -0.4 is 5.32 Å². The van der Waals surface area contributed by atoms with E-state index >= 15 is 0 Å². The van der Waals surface area contributed by atoms with Crippen molar-refractivity contribution in [3.8, 4) is 0 Å². The first-order chi connectivity index (χ1) is 8.14. The Balaban J connectivity index is 1.72. The van der Waals surface area contributed by atoms with Crippen LogP contribution in [0.1, 0.15) is 35.7 Å². The highest BCUT2D eigenvalue weighted by molar-refractivity contribution is 7.91. The largest absolute Gasteiger partial charge is 0.306 e. The van der Waals surface area contributed by atoms with Crippen LogP contribution in [0.15, 0.2) is 11.4 Å². The lowest BCUT2D eigenvalue weighted by atomic mass is 9.93. The SMILES string of the molecule is O=S1(=O)CCC(NC2CCCc3sccc32)C1. The summed E-state index contributed by atoms with van der Waals surface area (Å²) in [5, 5.41) is 5.69. The number of fused-ring (bicyclic) bond motifs is 1. The number of nitrogens with one attached hydrogen (secondary N) is 1. The zero-order valence-corrected chi connectivity index (χ0v) is 11.3. The van der Waals surface area contributed by atoms with E-state index in [4.69, 9.17) is 0 Å². The van der Waals surface area contributed by atoms with Crippen LogP contribution in [0.4, 0.5) is 0 Å². The van der Waals surface area contributed by atoms with E-state index in [9.17, 15) is 8.42 Å². The summed E-state index contributed by atoms with van der Waals surface area (Å²) in [6, 6.07) is 2.74.